The largest absolute Gasteiger partial charge is 0.328 e. The third-order valence-electron chi connectivity index (χ3n) is 4.26. The standard InChI is InChI=1S/C15H24N2O2S/c1-11-4-5-12(2)15(10-11)20(18,19)17(3)14-8-6-13(16)7-9-14/h4-5,10,13-14H,6-9,16H2,1-3H3. The van der Waals surface area contributed by atoms with Crippen molar-refractivity contribution in [2.75, 3.05) is 7.05 Å². The van der Waals surface area contributed by atoms with E-state index in [9.17, 15) is 8.42 Å². The maximum Gasteiger partial charge on any atom is 0.243 e. The molecule has 1 fully saturated rings. The van der Waals surface area contributed by atoms with Gasteiger partial charge >= 0.3 is 0 Å². The molecule has 1 saturated carbocycles. The molecule has 0 spiro atoms. The molecule has 1 aromatic carbocycles. The minimum atomic E-state index is -3.42. The third kappa shape index (κ3) is 3.05. The average molecular weight is 296 g/mol. The van der Waals surface area contributed by atoms with Gasteiger partial charge in [-0.05, 0) is 56.7 Å². The van der Waals surface area contributed by atoms with Gasteiger partial charge in [0.05, 0.1) is 4.90 Å². The molecule has 0 atom stereocenters. The van der Waals surface area contributed by atoms with E-state index in [1.54, 1.807) is 17.4 Å². The number of hydrogen-bond donors (Lipinski definition) is 1. The number of aryl methyl sites for hydroxylation is 2. The number of rotatable bonds is 3. The Kier molecular flexibility index (Phi) is 4.52. The first-order valence-corrected chi connectivity index (χ1v) is 8.57. The molecule has 20 heavy (non-hydrogen) atoms. The topological polar surface area (TPSA) is 63.4 Å². The minimum absolute atomic E-state index is 0.0692. The Hall–Kier alpha value is -0.910. The van der Waals surface area contributed by atoms with Crippen molar-refractivity contribution in [3.05, 3.63) is 29.3 Å². The van der Waals surface area contributed by atoms with E-state index in [0.717, 1.165) is 36.8 Å². The Balaban J connectivity index is 2.27. The molecule has 0 aliphatic heterocycles. The van der Waals surface area contributed by atoms with E-state index in [4.69, 9.17) is 5.73 Å². The first-order chi connectivity index (χ1) is 9.32. The molecule has 0 heterocycles. The molecule has 5 heteroatoms. The predicted octanol–water partition coefficient (Wildman–Crippen LogP) is 2.19. The highest BCUT2D eigenvalue weighted by Gasteiger charge is 2.31. The van der Waals surface area contributed by atoms with Crippen molar-refractivity contribution in [3.63, 3.8) is 0 Å². The van der Waals surface area contributed by atoms with Crippen molar-refractivity contribution in [1.82, 2.24) is 4.31 Å². The number of hydrogen-bond acceptors (Lipinski definition) is 3. The van der Waals surface area contributed by atoms with Gasteiger partial charge < -0.3 is 5.73 Å². The average Bonchev–Trinajstić information content (AvgIpc) is 2.41. The summed E-state index contributed by atoms with van der Waals surface area (Å²) in [4.78, 5) is 0.426. The van der Waals surface area contributed by atoms with Crippen molar-refractivity contribution < 1.29 is 8.42 Å². The van der Waals surface area contributed by atoms with Crippen molar-refractivity contribution in [1.29, 1.82) is 0 Å². The lowest BCUT2D eigenvalue weighted by Crippen LogP contribution is -2.42. The van der Waals surface area contributed by atoms with Crippen LogP contribution in [0.15, 0.2) is 23.1 Å². The van der Waals surface area contributed by atoms with E-state index < -0.39 is 10.0 Å². The van der Waals surface area contributed by atoms with Gasteiger partial charge in [0, 0.05) is 19.1 Å². The molecule has 112 valence electrons. The van der Waals surface area contributed by atoms with Crippen molar-refractivity contribution in [3.8, 4) is 0 Å². The molecular formula is C15H24N2O2S. The van der Waals surface area contributed by atoms with Gasteiger partial charge in [-0.15, -0.1) is 0 Å². The number of sulfonamides is 1. The summed E-state index contributed by atoms with van der Waals surface area (Å²) >= 11 is 0. The Morgan fingerprint density at radius 1 is 1.15 bits per heavy atom. The lowest BCUT2D eigenvalue weighted by Gasteiger charge is -2.33. The summed E-state index contributed by atoms with van der Waals surface area (Å²) in [6.45, 7) is 3.76. The van der Waals surface area contributed by atoms with Crippen LogP contribution < -0.4 is 5.73 Å². The Morgan fingerprint density at radius 2 is 1.75 bits per heavy atom. The molecule has 0 radical (unpaired) electrons. The highest BCUT2D eigenvalue weighted by atomic mass is 32.2. The van der Waals surface area contributed by atoms with Crippen LogP contribution in [0.4, 0.5) is 0 Å². The first-order valence-electron chi connectivity index (χ1n) is 7.13. The van der Waals surface area contributed by atoms with Crippen LogP contribution in [0.5, 0.6) is 0 Å². The van der Waals surface area contributed by atoms with Crippen molar-refractivity contribution in [2.24, 2.45) is 5.73 Å². The van der Waals surface area contributed by atoms with Crippen LogP contribution in [-0.2, 0) is 10.0 Å². The van der Waals surface area contributed by atoms with Crippen molar-refractivity contribution in [2.45, 2.75) is 56.5 Å². The first kappa shape index (κ1) is 15.5. The summed E-state index contributed by atoms with van der Waals surface area (Å²) in [5.74, 6) is 0. The van der Waals surface area contributed by atoms with E-state index in [1.807, 2.05) is 26.0 Å². The molecule has 2 rings (SSSR count). The molecule has 0 unspecified atom stereocenters. The zero-order valence-electron chi connectivity index (χ0n) is 12.5. The zero-order valence-corrected chi connectivity index (χ0v) is 13.3. The summed E-state index contributed by atoms with van der Waals surface area (Å²) in [5.41, 5.74) is 7.66. The highest BCUT2D eigenvalue weighted by Crippen LogP contribution is 2.27. The van der Waals surface area contributed by atoms with Gasteiger partial charge in [-0.1, -0.05) is 12.1 Å². The lowest BCUT2D eigenvalue weighted by molar-refractivity contribution is 0.268. The van der Waals surface area contributed by atoms with Gasteiger partial charge in [-0.2, -0.15) is 4.31 Å². The van der Waals surface area contributed by atoms with Crippen LogP contribution in [0.2, 0.25) is 0 Å². The van der Waals surface area contributed by atoms with Crippen LogP contribution >= 0.6 is 0 Å². The van der Waals surface area contributed by atoms with Crippen LogP contribution in [-0.4, -0.2) is 31.9 Å². The summed E-state index contributed by atoms with van der Waals surface area (Å²) in [5, 5.41) is 0. The molecule has 1 aliphatic carbocycles. The fourth-order valence-electron chi connectivity index (χ4n) is 2.80. The second-order valence-corrected chi connectivity index (χ2v) is 7.82. The van der Waals surface area contributed by atoms with Crippen LogP contribution in [0.25, 0.3) is 0 Å². The second-order valence-electron chi connectivity index (χ2n) is 5.86. The lowest BCUT2D eigenvalue weighted by atomic mass is 9.92. The Morgan fingerprint density at radius 3 is 2.35 bits per heavy atom. The van der Waals surface area contributed by atoms with Gasteiger partial charge in [-0.3, -0.25) is 0 Å². The van der Waals surface area contributed by atoms with E-state index in [1.165, 1.54) is 0 Å². The zero-order chi connectivity index (χ0) is 14.9. The molecule has 0 aromatic heterocycles. The second kappa shape index (κ2) is 5.84. The summed E-state index contributed by atoms with van der Waals surface area (Å²) < 4.78 is 27.1. The van der Waals surface area contributed by atoms with E-state index in [-0.39, 0.29) is 12.1 Å². The fraction of sp³-hybridized carbons (Fsp3) is 0.600. The summed E-state index contributed by atoms with van der Waals surface area (Å²) in [6, 6.07) is 5.86. The normalized spacial score (nSPS) is 24.1. The molecular weight excluding hydrogens is 272 g/mol. The number of nitrogens with zero attached hydrogens (tertiary/aromatic N) is 1. The molecule has 4 nitrogen and oxygen atoms in total. The molecule has 0 amide bonds. The maximum atomic E-state index is 12.8. The summed E-state index contributed by atoms with van der Waals surface area (Å²) in [7, 11) is -1.72. The summed E-state index contributed by atoms with van der Waals surface area (Å²) in [6.07, 6.45) is 3.50. The molecule has 2 N–H and O–H groups in total. The quantitative estimate of drug-likeness (QED) is 0.930. The highest BCUT2D eigenvalue weighted by molar-refractivity contribution is 7.89. The van der Waals surface area contributed by atoms with Gasteiger partial charge in [0.1, 0.15) is 0 Å². The molecule has 0 bridgehead atoms. The SMILES string of the molecule is Cc1ccc(C)c(S(=O)(=O)N(C)C2CCC(N)CC2)c1. The molecule has 0 saturated heterocycles. The Bertz CT molecular complexity index is 576. The third-order valence-corrected chi connectivity index (χ3v) is 6.31. The Labute approximate surface area is 122 Å². The van der Waals surface area contributed by atoms with Crippen LogP contribution in [0.1, 0.15) is 36.8 Å². The van der Waals surface area contributed by atoms with Crippen LogP contribution in [0.3, 0.4) is 0 Å². The maximum absolute atomic E-state index is 12.8. The molecule has 1 aliphatic rings. The van der Waals surface area contributed by atoms with Gasteiger partial charge in [-0.25, -0.2) is 8.42 Å². The molecule has 1 aromatic rings. The minimum Gasteiger partial charge on any atom is -0.328 e. The van der Waals surface area contributed by atoms with Crippen molar-refractivity contribution >= 4 is 10.0 Å². The van der Waals surface area contributed by atoms with E-state index >= 15 is 0 Å². The van der Waals surface area contributed by atoms with Gasteiger partial charge in [0.15, 0.2) is 0 Å². The fourth-order valence-corrected chi connectivity index (χ4v) is 4.53. The van der Waals surface area contributed by atoms with Gasteiger partial charge in [0.25, 0.3) is 0 Å². The van der Waals surface area contributed by atoms with E-state index in [0.29, 0.717) is 4.90 Å². The van der Waals surface area contributed by atoms with E-state index in [2.05, 4.69) is 0 Å². The van der Waals surface area contributed by atoms with Gasteiger partial charge in [0.2, 0.25) is 10.0 Å². The predicted molar refractivity (Wildman–Crippen MR) is 81.1 cm³/mol. The monoisotopic (exact) mass is 296 g/mol. The van der Waals surface area contributed by atoms with Crippen LogP contribution in [0, 0.1) is 13.8 Å². The number of nitrogens with two attached hydrogens (primary N) is 1. The number of benzene rings is 1. The smallest absolute Gasteiger partial charge is 0.243 e.